The Bertz CT molecular complexity index is 515. The van der Waals surface area contributed by atoms with Crippen LogP contribution in [0.1, 0.15) is 5.82 Å². The Labute approximate surface area is 114 Å². The molecule has 0 spiro atoms. The minimum Gasteiger partial charge on any atom is -0.383 e. The third-order valence-corrected chi connectivity index (χ3v) is 3.05. The zero-order valence-corrected chi connectivity index (χ0v) is 12.1. The van der Waals surface area contributed by atoms with Crippen molar-refractivity contribution in [1.82, 2.24) is 19.6 Å². The molecule has 2 rings (SSSR count). The summed E-state index contributed by atoms with van der Waals surface area (Å²) in [5.74, 6) is 1.70. The van der Waals surface area contributed by atoms with Crippen molar-refractivity contribution in [2.24, 2.45) is 0 Å². The fraction of sp³-hybridized carbons (Fsp3) is 0.545. The van der Waals surface area contributed by atoms with E-state index in [0.29, 0.717) is 6.61 Å². The highest BCUT2D eigenvalue weighted by molar-refractivity contribution is 9.09. The van der Waals surface area contributed by atoms with Gasteiger partial charge in [0.05, 0.1) is 6.61 Å². The molecule has 0 saturated carbocycles. The summed E-state index contributed by atoms with van der Waals surface area (Å²) in [6.07, 6.45) is 3.64. The van der Waals surface area contributed by atoms with Gasteiger partial charge in [-0.1, -0.05) is 15.9 Å². The first-order valence-corrected chi connectivity index (χ1v) is 6.86. The second-order valence-corrected chi connectivity index (χ2v) is 4.65. The highest BCUT2D eigenvalue weighted by Crippen LogP contribution is 2.17. The highest BCUT2D eigenvalue weighted by atomic mass is 79.9. The van der Waals surface area contributed by atoms with Gasteiger partial charge in [-0.05, 0) is 6.92 Å². The fourth-order valence-electron chi connectivity index (χ4n) is 1.78. The van der Waals surface area contributed by atoms with Gasteiger partial charge in [0, 0.05) is 37.9 Å². The lowest BCUT2D eigenvalue weighted by molar-refractivity contribution is 0.205. The van der Waals surface area contributed by atoms with E-state index in [-0.39, 0.29) is 0 Å². The van der Waals surface area contributed by atoms with Crippen LogP contribution in [-0.4, -0.2) is 51.7 Å². The van der Waals surface area contributed by atoms with Crippen molar-refractivity contribution >= 4 is 27.4 Å². The van der Waals surface area contributed by atoms with E-state index in [9.17, 15) is 0 Å². The van der Waals surface area contributed by atoms with Crippen LogP contribution in [0, 0.1) is 6.92 Å². The highest BCUT2D eigenvalue weighted by Gasteiger charge is 2.14. The van der Waals surface area contributed by atoms with Crippen molar-refractivity contribution in [1.29, 1.82) is 0 Å². The van der Waals surface area contributed by atoms with Crippen molar-refractivity contribution in [2.45, 2.75) is 6.92 Å². The van der Waals surface area contributed by atoms with E-state index in [1.807, 2.05) is 17.5 Å². The molecule has 0 aliphatic rings. The van der Waals surface area contributed by atoms with Crippen LogP contribution < -0.4 is 4.90 Å². The molecular weight excluding hydrogens is 298 g/mol. The van der Waals surface area contributed by atoms with Crippen molar-refractivity contribution in [2.75, 3.05) is 37.0 Å². The van der Waals surface area contributed by atoms with Crippen molar-refractivity contribution < 1.29 is 4.74 Å². The molecule has 0 unspecified atom stereocenters. The van der Waals surface area contributed by atoms with Crippen molar-refractivity contribution in [3.8, 4) is 0 Å². The summed E-state index contributed by atoms with van der Waals surface area (Å²) in [5.41, 5.74) is 0.784. The third kappa shape index (κ3) is 2.62. The first-order chi connectivity index (χ1) is 8.77. The van der Waals surface area contributed by atoms with Crippen LogP contribution in [0.15, 0.2) is 12.4 Å². The zero-order chi connectivity index (χ0) is 13.0. The van der Waals surface area contributed by atoms with E-state index in [1.165, 1.54) is 0 Å². The normalized spacial score (nSPS) is 11.1. The van der Waals surface area contributed by atoms with Crippen molar-refractivity contribution in [3.63, 3.8) is 0 Å². The smallest absolute Gasteiger partial charge is 0.203 e. The Morgan fingerprint density at radius 2 is 2.22 bits per heavy atom. The summed E-state index contributed by atoms with van der Waals surface area (Å²) in [5, 5.41) is 9.13. The van der Waals surface area contributed by atoms with Crippen LogP contribution in [0.25, 0.3) is 5.65 Å². The molecule has 0 fully saturated rings. The third-order valence-electron chi connectivity index (χ3n) is 2.70. The second kappa shape index (κ2) is 6.10. The van der Waals surface area contributed by atoms with Crippen LogP contribution >= 0.6 is 15.9 Å². The standard InChI is InChI=1S/C11H16BrN5O/c1-9-14-15-11-10(13-4-6-17(9)11)16(5-3-12)7-8-18-2/h4,6H,3,5,7-8H2,1-2H3. The Hall–Kier alpha value is -1.21. The summed E-state index contributed by atoms with van der Waals surface area (Å²) >= 11 is 3.46. The zero-order valence-electron chi connectivity index (χ0n) is 10.5. The van der Waals surface area contributed by atoms with E-state index in [2.05, 4.69) is 36.0 Å². The molecule has 0 radical (unpaired) electrons. The maximum atomic E-state index is 5.13. The van der Waals surface area contributed by atoms with Crippen LogP contribution in [0.4, 0.5) is 5.82 Å². The van der Waals surface area contributed by atoms with E-state index < -0.39 is 0 Å². The van der Waals surface area contributed by atoms with Gasteiger partial charge in [-0.2, -0.15) is 0 Å². The lowest BCUT2D eigenvalue weighted by atomic mass is 10.4. The van der Waals surface area contributed by atoms with Gasteiger partial charge >= 0.3 is 0 Å². The van der Waals surface area contributed by atoms with Gasteiger partial charge in [-0.25, -0.2) is 4.98 Å². The average Bonchev–Trinajstić information content (AvgIpc) is 2.77. The molecule has 7 heteroatoms. The quantitative estimate of drug-likeness (QED) is 0.752. The van der Waals surface area contributed by atoms with E-state index in [0.717, 1.165) is 35.7 Å². The molecule has 0 aromatic carbocycles. The molecule has 18 heavy (non-hydrogen) atoms. The number of anilines is 1. The molecule has 2 heterocycles. The molecule has 0 amide bonds. The molecule has 0 N–H and O–H groups in total. The number of aryl methyl sites for hydroxylation is 1. The number of alkyl halides is 1. The van der Waals surface area contributed by atoms with E-state index >= 15 is 0 Å². The largest absolute Gasteiger partial charge is 0.383 e. The second-order valence-electron chi connectivity index (χ2n) is 3.86. The Morgan fingerprint density at radius 1 is 1.39 bits per heavy atom. The predicted octanol–water partition coefficient (Wildman–Crippen LogP) is 1.28. The monoisotopic (exact) mass is 313 g/mol. The molecule has 0 saturated heterocycles. The van der Waals surface area contributed by atoms with Crippen LogP contribution in [0.3, 0.4) is 0 Å². The van der Waals surface area contributed by atoms with E-state index in [1.54, 1.807) is 13.3 Å². The SMILES string of the molecule is COCCN(CCBr)c1nccn2c(C)nnc12. The molecule has 0 bridgehead atoms. The molecule has 2 aromatic heterocycles. The average molecular weight is 314 g/mol. The molecule has 0 atom stereocenters. The number of fused-ring (bicyclic) bond motifs is 1. The molecule has 98 valence electrons. The summed E-state index contributed by atoms with van der Waals surface area (Å²) < 4.78 is 7.07. The topological polar surface area (TPSA) is 55.5 Å². The number of halogens is 1. The number of aromatic nitrogens is 4. The molecule has 2 aromatic rings. The minimum absolute atomic E-state index is 0.656. The van der Waals surface area contributed by atoms with Gasteiger partial charge in [-0.15, -0.1) is 10.2 Å². The van der Waals surface area contributed by atoms with Gasteiger partial charge in [0.15, 0.2) is 5.82 Å². The summed E-state index contributed by atoms with van der Waals surface area (Å²) in [7, 11) is 1.70. The maximum Gasteiger partial charge on any atom is 0.203 e. The Morgan fingerprint density at radius 3 is 2.94 bits per heavy atom. The molecule has 6 nitrogen and oxygen atoms in total. The summed E-state index contributed by atoms with van der Waals surface area (Å²) in [6.45, 7) is 4.21. The van der Waals surface area contributed by atoms with E-state index in [4.69, 9.17) is 4.74 Å². The van der Waals surface area contributed by atoms with Gasteiger partial charge < -0.3 is 9.64 Å². The van der Waals surface area contributed by atoms with Gasteiger partial charge in [0.1, 0.15) is 5.82 Å². The number of hydrogen-bond acceptors (Lipinski definition) is 5. The maximum absolute atomic E-state index is 5.13. The lowest BCUT2D eigenvalue weighted by Gasteiger charge is -2.22. The first kappa shape index (κ1) is 13.2. The van der Waals surface area contributed by atoms with Crippen LogP contribution in [0.2, 0.25) is 0 Å². The summed E-state index contributed by atoms with van der Waals surface area (Å²) in [4.78, 5) is 6.56. The molecule has 0 aliphatic carbocycles. The predicted molar refractivity (Wildman–Crippen MR) is 73.4 cm³/mol. The number of rotatable bonds is 6. The lowest BCUT2D eigenvalue weighted by Crippen LogP contribution is -2.30. The van der Waals surface area contributed by atoms with Crippen LogP contribution in [0.5, 0.6) is 0 Å². The number of ether oxygens (including phenoxy) is 1. The number of nitrogens with zero attached hydrogens (tertiary/aromatic N) is 5. The van der Waals surface area contributed by atoms with Gasteiger partial charge in [0.2, 0.25) is 5.65 Å². The number of methoxy groups -OCH3 is 1. The first-order valence-electron chi connectivity index (χ1n) is 5.74. The van der Waals surface area contributed by atoms with Crippen LogP contribution in [-0.2, 0) is 4.74 Å². The summed E-state index contributed by atoms with van der Waals surface area (Å²) in [6, 6.07) is 0. The fourth-order valence-corrected chi connectivity index (χ4v) is 2.21. The minimum atomic E-state index is 0.656. The Kier molecular flexibility index (Phi) is 4.48. The Balaban J connectivity index is 2.36. The van der Waals surface area contributed by atoms with Gasteiger partial charge in [-0.3, -0.25) is 4.40 Å². The molecular formula is C11H16BrN5O. The number of hydrogen-bond donors (Lipinski definition) is 0. The van der Waals surface area contributed by atoms with Crippen molar-refractivity contribution in [3.05, 3.63) is 18.2 Å². The molecule has 0 aliphatic heterocycles. The van der Waals surface area contributed by atoms with Gasteiger partial charge in [0.25, 0.3) is 0 Å².